The minimum atomic E-state index is -1.57. The SMILES string of the molecule is CCCCCCCCCCCCCC/C=C\CCCCCCCCCCCCCCCCC(=O)NC(COC1OC(CO)C(O)C(O)C1O)C(O)/C=C/CC/C=C/CCCCCCCCCCCCCCCCCC. The third-order valence-electron chi connectivity index (χ3n) is 15.7. The van der Waals surface area contributed by atoms with E-state index in [4.69, 9.17) is 9.47 Å². The molecular formula is C66H125NO8. The molecule has 0 aromatic heterocycles. The van der Waals surface area contributed by atoms with Gasteiger partial charge in [-0.1, -0.05) is 294 Å². The van der Waals surface area contributed by atoms with E-state index in [2.05, 4.69) is 43.5 Å². The largest absolute Gasteiger partial charge is 0.394 e. The summed E-state index contributed by atoms with van der Waals surface area (Å²) in [6, 6.07) is -0.822. The Bertz CT molecular complexity index is 1270. The number of carbonyl (C=O) groups excluding carboxylic acids is 1. The fourth-order valence-electron chi connectivity index (χ4n) is 10.5. The number of hydrogen-bond acceptors (Lipinski definition) is 8. The molecule has 1 saturated heterocycles. The maximum Gasteiger partial charge on any atom is 0.220 e. The van der Waals surface area contributed by atoms with E-state index in [-0.39, 0.29) is 12.5 Å². The first kappa shape index (κ1) is 71.4. The van der Waals surface area contributed by atoms with Crippen LogP contribution in [-0.2, 0) is 14.3 Å². The zero-order valence-corrected chi connectivity index (χ0v) is 49.3. The fourth-order valence-corrected chi connectivity index (χ4v) is 10.5. The van der Waals surface area contributed by atoms with Crippen LogP contribution in [0, 0.1) is 0 Å². The average molecular weight is 1060 g/mol. The zero-order chi connectivity index (χ0) is 54.3. The molecule has 6 N–H and O–H groups in total. The summed E-state index contributed by atoms with van der Waals surface area (Å²) >= 11 is 0. The van der Waals surface area contributed by atoms with Gasteiger partial charge in [0.05, 0.1) is 25.4 Å². The molecule has 0 aromatic rings. The smallest absolute Gasteiger partial charge is 0.220 e. The molecular weight excluding hydrogens is 935 g/mol. The van der Waals surface area contributed by atoms with Crippen molar-refractivity contribution in [2.75, 3.05) is 13.2 Å². The molecule has 0 aliphatic carbocycles. The average Bonchev–Trinajstić information content (AvgIpc) is 3.41. The van der Waals surface area contributed by atoms with E-state index in [1.54, 1.807) is 6.08 Å². The van der Waals surface area contributed by atoms with Crippen LogP contribution in [0.1, 0.15) is 322 Å². The molecule has 1 amide bonds. The van der Waals surface area contributed by atoms with Gasteiger partial charge in [0.2, 0.25) is 5.91 Å². The number of nitrogens with one attached hydrogen (secondary N) is 1. The summed E-state index contributed by atoms with van der Waals surface area (Å²) in [6.07, 6.45) is 66.7. The van der Waals surface area contributed by atoms with Crippen molar-refractivity contribution >= 4 is 5.91 Å². The van der Waals surface area contributed by atoms with Gasteiger partial charge in [0.15, 0.2) is 6.29 Å². The number of carbonyl (C=O) groups is 1. The van der Waals surface area contributed by atoms with Crippen LogP contribution >= 0.6 is 0 Å². The second-order valence-corrected chi connectivity index (χ2v) is 22.9. The predicted octanol–water partition coefficient (Wildman–Crippen LogP) is 17.1. The second kappa shape index (κ2) is 55.7. The van der Waals surface area contributed by atoms with E-state index in [9.17, 15) is 30.3 Å². The Morgan fingerprint density at radius 1 is 0.440 bits per heavy atom. The highest BCUT2D eigenvalue weighted by molar-refractivity contribution is 5.76. The van der Waals surface area contributed by atoms with Gasteiger partial charge in [0, 0.05) is 6.42 Å². The predicted molar refractivity (Wildman–Crippen MR) is 318 cm³/mol. The van der Waals surface area contributed by atoms with Crippen molar-refractivity contribution in [1.29, 1.82) is 0 Å². The Kier molecular flexibility index (Phi) is 53.1. The van der Waals surface area contributed by atoms with Gasteiger partial charge in [-0.05, 0) is 57.8 Å². The molecule has 0 saturated carbocycles. The molecule has 1 fully saturated rings. The summed E-state index contributed by atoms with van der Waals surface area (Å²) in [7, 11) is 0. The highest BCUT2D eigenvalue weighted by atomic mass is 16.7. The molecule has 7 atom stereocenters. The topological polar surface area (TPSA) is 149 Å². The van der Waals surface area contributed by atoms with Crippen LogP contribution in [0.4, 0.5) is 0 Å². The van der Waals surface area contributed by atoms with Crippen molar-refractivity contribution < 1.29 is 39.8 Å². The number of rotatable bonds is 57. The monoisotopic (exact) mass is 1060 g/mol. The molecule has 0 radical (unpaired) electrons. The van der Waals surface area contributed by atoms with Crippen LogP contribution < -0.4 is 5.32 Å². The molecule has 7 unspecified atom stereocenters. The van der Waals surface area contributed by atoms with Gasteiger partial charge in [-0.25, -0.2) is 0 Å². The lowest BCUT2D eigenvalue weighted by molar-refractivity contribution is -0.302. The normalized spacial score (nSPS) is 19.1. The number of hydrogen-bond donors (Lipinski definition) is 6. The lowest BCUT2D eigenvalue weighted by Crippen LogP contribution is -2.60. The van der Waals surface area contributed by atoms with Gasteiger partial charge in [-0.3, -0.25) is 4.79 Å². The molecule has 442 valence electrons. The number of amides is 1. The first-order chi connectivity index (χ1) is 36.8. The Balaban J connectivity index is 2.17. The molecule has 9 heteroatoms. The van der Waals surface area contributed by atoms with Crippen molar-refractivity contribution in [3.05, 3.63) is 36.5 Å². The van der Waals surface area contributed by atoms with Crippen LogP contribution in [0.15, 0.2) is 36.5 Å². The summed E-state index contributed by atoms with van der Waals surface area (Å²) in [5.74, 6) is -0.182. The Morgan fingerprint density at radius 2 is 0.760 bits per heavy atom. The minimum absolute atomic E-state index is 0.182. The van der Waals surface area contributed by atoms with Crippen molar-refractivity contribution in [1.82, 2.24) is 5.32 Å². The first-order valence-electron chi connectivity index (χ1n) is 32.7. The van der Waals surface area contributed by atoms with Gasteiger partial charge in [-0.2, -0.15) is 0 Å². The van der Waals surface area contributed by atoms with Crippen molar-refractivity contribution in [2.45, 2.75) is 365 Å². The third kappa shape index (κ3) is 44.9. The van der Waals surface area contributed by atoms with E-state index < -0.39 is 49.5 Å². The minimum Gasteiger partial charge on any atom is -0.394 e. The lowest BCUT2D eigenvalue weighted by atomic mass is 9.99. The summed E-state index contributed by atoms with van der Waals surface area (Å²) in [5.41, 5.74) is 0. The van der Waals surface area contributed by atoms with Gasteiger partial charge in [0.1, 0.15) is 24.4 Å². The highest BCUT2D eigenvalue weighted by Gasteiger charge is 2.44. The van der Waals surface area contributed by atoms with Crippen LogP contribution in [-0.4, -0.2) is 87.5 Å². The molecule has 1 aliphatic rings. The van der Waals surface area contributed by atoms with E-state index in [1.165, 1.54) is 263 Å². The summed E-state index contributed by atoms with van der Waals surface area (Å²) < 4.78 is 11.3. The number of unbranched alkanes of at least 4 members (excludes halogenated alkanes) is 43. The van der Waals surface area contributed by atoms with Crippen LogP contribution in [0.25, 0.3) is 0 Å². The molecule has 1 aliphatic heterocycles. The molecule has 0 spiro atoms. The number of aliphatic hydroxyl groups is 5. The summed E-state index contributed by atoms with van der Waals surface area (Å²) in [6.45, 7) is 3.81. The van der Waals surface area contributed by atoms with E-state index >= 15 is 0 Å². The van der Waals surface area contributed by atoms with Crippen LogP contribution in [0.5, 0.6) is 0 Å². The molecule has 75 heavy (non-hydrogen) atoms. The van der Waals surface area contributed by atoms with E-state index in [1.807, 2.05) is 6.08 Å². The van der Waals surface area contributed by atoms with Crippen LogP contribution in [0.3, 0.4) is 0 Å². The van der Waals surface area contributed by atoms with E-state index in [0.29, 0.717) is 6.42 Å². The molecule has 1 rings (SSSR count). The number of ether oxygens (including phenoxy) is 2. The fraction of sp³-hybridized carbons (Fsp3) is 0.894. The molecule has 0 bridgehead atoms. The van der Waals surface area contributed by atoms with Gasteiger partial charge in [-0.15, -0.1) is 0 Å². The first-order valence-corrected chi connectivity index (χ1v) is 32.7. The Hall–Kier alpha value is -1.59. The number of aliphatic hydroxyl groups excluding tert-OH is 5. The highest BCUT2D eigenvalue weighted by Crippen LogP contribution is 2.23. The third-order valence-corrected chi connectivity index (χ3v) is 15.7. The summed E-state index contributed by atoms with van der Waals surface area (Å²) in [4.78, 5) is 13.1. The van der Waals surface area contributed by atoms with Crippen molar-refractivity contribution in [3.8, 4) is 0 Å². The van der Waals surface area contributed by atoms with Gasteiger partial charge in [0.25, 0.3) is 0 Å². The second-order valence-electron chi connectivity index (χ2n) is 22.9. The van der Waals surface area contributed by atoms with Crippen molar-refractivity contribution in [3.63, 3.8) is 0 Å². The zero-order valence-electron chi connectivity index (χ0n) is 49.3. The lowest BCUT2D eigenvalue weighted by Gasteiger charge is -2.40. The standard InChI is InChI=1S/C66H125NO8/c1-3-5-7-9-11-13-15-17-19-21-23-25-27-28-29-30-31-32-33-34-36-38-40-42-44-46-48-50-52-54-56-62(70)67-59(58-74-66-65(73)64(72)63(71)61(57-68)75-66)60(69)55-53-51-49-47-45-43-41-39-37-35-26-24-22-20-18-16-14-12-10-8-6-4-2/h28-29,45,47,53,55,59-61,63-66,68-69,71-73H,3-27,30-44,46,48-52,54,56-58H2,1-2H3,(H,67,70)/b29-28-,47-45+,55-53+. The van der Waals surface area contributed by atoms with Crippen molar-refractivity contribution in [2.24, 2.45) is 0 Å². The number of allylic oxidation sites excluding steroid dienone is 5. The van der Waals surface area contributed by atoms with Gasteiger partial charge >= 0.3 is 0 Å². The van der Waals surface area contributed by atoms with Crippen LogP contribution in [0.2, 0.25) is 0 Å². The molecule has 1 heterocycles. The summed E-state index contributed by atoms with van der Waals surface area (Å²) in [5, 5.41) is 54.6. The maximum atomic E-state index is 13.1. The van der Waals surface area contributed by atoms with E-state index in [0.717, 1.165) is 38.5 Å². The van der Waals surface area contributed by atoms with Gasteiger partial charge < -0.3 is 40.3 Å². The Morgan fingerprint density at radius 3 is 1.12 bits per heavy atom. The maximum absolute atomic E-state index is 13.1. The molecule has 0 aromatic carbocycles. The Labute approximate surface area is 463 Å². The quantitative estimate of drug-likeness (QED) is 0.0261. The molecule has 9 nitrogen and oxygen atoms in total.